The zero-order valence-electron chi connectivity index (χ0n) is 9.87. The van der Waals surface area contributed by atoms with E-state index in [9.17, 15) is 21.6 Å². The molecule has 0 aromatic carbocycles. The molecule has 2 atom stereocenters. The van der Waals surface area contributed by atoms with Crippen LogP contribution in [0.5, 0.6) is 0 Å². The fourth-order valence-electron chi connectivity index (χ4n) is 1.15. The van der Waals surface area contributed by atoms with Crippen molar-refractivity contribution in [1.29, 1.82) is 0 Å². The minimum atomic E-state index is -4.16. The van der Waals surface area contributed by atoms with Gasteiger partial charge >= 0.3 is 5.97 Å². The Morgan fingerprint density at radius 2 is 1.76 bits per heavy atom. The second-order valence-corrected chi connectivity index (χ2v) is 8.24. The van der Waals surface area contributed by atoms with Gasteiger partial charge in [0, 0.05) is 6.26 Å². The summed E-state index contributed by atoms with van der Waals surface area (Å²) < 4.78 is 46.5. The number of hydrogen-bond acceptors (Lipinski definition) is 5. The third-order valence-corrected chi connectivity index (χ3v) is 5.72. The average molecular weight is 287 g/mol. The third-order valence-electron chi connectivity index (χ3n) is 2.15. The lowest BCUT2D eigenvalue weighted by molar-refractivity contribution is -0.140. The van der Waals surface area contributed by atoms with E-state index in [1.807, 2.05) is 4.72 Å². The summed E-state index contributed by atoms with van der Waals surface area (Å²) in [6.07, 6.45) is 1.23. The maximum absolute atomic E-state index is 11.4. The van der Waals surface area contributed by atoms with Gasteiger partial charge in [-0.1, -0.05) is 20.3 Å². The molecule has 9 heteroatoms. The molecule has 0 aromatic heterocycles. The predicted molar refractivity (Wildman–Crippen MR) is 62.6 cm³/mol. The van der Waals surface area contributed by atoms with E-state index >= 15 is 0 Å². The smallest absolute Gasteiger partial charge is 0.322 e. The van der Waals surface area contributed by atoms with Crippen LogP contribution in [0.15, 0.2) is 0 Å². The highest BCUT2D eigenvalue weighted by Crippen LogP contribution is 2.09. The molecule has 0 aliphatic heterocycles. The molecule has 0 heterocycles. The van der Waals surface area contributed by atoms with Crippen molar-refractivity contribution in [3.05, 3.63) is 0 Å². The number of hydrogen-bond donors (Lipinski definition) is 2. The van der Waals surface area contributed by atoms with Crippen molar-refractivity contribution in [3.8, 4) is 0 Å². The van der Waals surface area contributed by atoms with Crippen LogP contribution in [0.1, 0.15) is 20.3 Å². The van der Waals surface area contributed by atoms with Crippen LogP contribution in [0, 0.1) is 5.92 Å². The molecule has 0 spiro atoms. The Balaban J connectivity index is 4.95. The minimum absolute atomic E-state index is 0.429. The van der Waals surface area contributed by atoms with Crippen molar-refractivity contribution >= 4 is 25.8 Å². The van der Waals surface area contributed by atoms with Crippen LogP contribution in [0.25, 0.3) is 0 Å². The highest BCUT2D eigenvalue weighted by molar-refractivity contribution is 8.06. The molecule has 102 valence electrons. The van der Waals surface area contributed by atoms with E-state index in [0.29, 0.717) is 6.42 Å². The summed E-state index contributed by atoms with van der Waals surface area (Å²) in [6.45, 7) is 3.28. The van der Waals surface area contributed by atoms with Gasteiger partial charge in [0.1, 0.15) is 6.04 Å². The first-order valence-electron chi connectivity index (χ1n) is 4.89. The zero-order chi connectivity index (χ0) is 13.9. The van der Waals surface area contributed by atoms with Crippen LogP contribution < -0.4 is 4.72 Å². The van der Waals surface area contributed by atoms with E-state index in [1.165, 1.54) is 0 Å². The first kappa shape index (κ1) is 16.3. The lowest BCUT2D eigenvalue weighted by Gasteiger charge is -2.19. The Hall–Kier alpha value is -0.670. The number of aliphatic carboxylic acids is 1. The lowest BCUT2D eigenvalue weighted by atomic mass is 10.0. The van der Waals surface area contributed by atoms with Gasteiger partial charge in [0.2, 0.25) is 10.0 Å². The highest BCUT2D eigenvalue weighted by atomic mass is 32.3. The Morgan fingerprint density at radius 3 is 2.06 bits per heavy atom. The number of carboxylic acid groups (broad SMARTS) is 1. The lowest BCUT2D eigenvalue weighted by Crippen LogP contribution is -2.46. The molecule has 7 nitrogen and oxygen atoms in total. The molecule has 0 radical (unpaired) electrons. The quantitative estimate of drug-likeness (QED) is 0.646. The summed E-state index contributed by atoms with van der Waals surface area (Å²) in [7, 11) is -7.89. The minimum Gasteiger partial charge on any atom is -0.480 e. The number of carboxylic acids is 1. The molecule has 0 fully saturated rings. The molecular formula is C8H17NO6S2. The van der Waals surface area contributed by atoms with E-state index in [2.05, 4.69) is 0 Å². The van der Waals surface area contributed by atoms with Gasteiger partial charge in [-0.05, 0) is 5.92 Å². The third kappa shape index (κ3) is 6.59. The monoisotopic (exact) mass is 287 g/mol. The van der Waals surface area contributed by atoms with Gasteiger partial charge in [-0.15, -0.1) is 0 Å². The zero-order valence-corrected chi connectivity index (χ0v) is 11.5. The van der Waals surface area contributed by atoms with Crippen molar-refractivity contribution < 1.29 is 26.7 Å². The Bertz CT molecular complexity index is 466. The molecule has 0 aliphatic rings. The van der Waals surface area contributed by atoms with Crippen molar-refractivity contribution in [2.45, 2.75) is 26.3 Å². The SMILES string of the molecule is CCC(C)[C@H](NS(=O)(=O)CS(C)(=O)=O)C(=O)O. The molecule has 0 saturated carbocycles. The summed E-state index contributed by atoms with van der Waals surface area (Å²) in [4.78, 5) is 10.9. The van der Waals surface area contributed by atoms with Gasteiger partial charge in [-0.2, -0.15) is 4.72 Å². The van der Waals surface area contributed by atoms with Crippen molar-refractivity contribution in [2.24, 2.45) is 5.92 Å². The van der Waals surface area contributed by atoms with Gasteiger partial charge < -0.3 is 5.11 Å². The number of carbonyl (C=O) groups is 1. The fraction of sp³-hybridized carbons (Fsp3) is 0.875. The summed E-state index contributed by atoms with van der Waals surface area (Å²) in [5, 5.41) is 7.75. The maximum atomic E-state index is 11.4. The molecule has 0 saturated heterocycles. The topological polar surface area (TPSA) is 118 Å². The highest BCUT2D eigenvalue weighted by Gasteiger charge is 2.30. The van der Waals surface area contributed by atoms with Crippen LogP contribution in [-0.4, -0.2) is 45.3 Å². The van der Waals surface area contributed by atoms with E-state index < -0.39 is 42.9 Å². The molecule has 0 rings (SSSR count). The second kappa shape index (κ2) is 5.78. The van der Waals surface area contributed by atoms with Crippen molar-refractivity contribution in [2.75, 3.05) is 11.3 Å². The first-order valence-corrected chi connectivity index (χ1v) is 8.60. The standard InChI is InChI=1S/C8H17NO6S2/c1-4-6(2)7(8(10)11)9-17(14,15)5-16(3,12)13/h6-7,9H,4-5H2,1-3H3,(H,10,11)/t6?,7-/m0/s1. The van der Waals surface area contributed by atoms with Crippen LogP contribution in [0.3, 0.4) is 0 Å². The number of sulfone groups is 1. The predicted octanol–water partition coefficient (Wildman–Crippen LogP) is -0.593. The van der Waals surface area contributed by atoms with E-state index in [1.54, 1.807) is 13.8 Å². The Kier molecular flexibility index (Phi) is 5.56. The summed E-state index contributed by atoms with van der Waals surface area (Å²) in [5.41, 5.74) is 0. The largest absolute Gasteiger partial charge is 0.480 e. The molecule has 0 aliphatic carbocycles. The first-order chi connectivity index (χ1) is 7.48. The number of nitrogens with one attached hydrogen (secondary N) is 1. The Morgan fingerprint density at radius 1 is 1.29 bits per heavy atom. The normalized spacial score (nSPS) is 16.4. The van der Waals surface area contributed by atoms with E-state index in [-0.39, 0.29) is 0 Å². The van der Waals surface area contributed by atoms with Crippen LogP contribution in [0.2, 0.25) is 0 Å². The molecule has 17 heavy (non-hydrogen) atoms. The van der Waals surface area contributed by atoms with Gasteiger partial charge in [-0.25, -0.2) is 16.8 Å². The Labute approximate surface area is 101 Å². The van der Waals surface area contributed by atoms with E-state index in [4.69, 9.17) is 5.11 Å². The average Bonchev–Trinajstić information content (AvgIpc) is 2.08. The van der Waals surface area contributed by atoms with Gasteiger partial charge in [-0.3, -0.25) is 4.79 Å². The molecule has 2 N–H and O–H groups in total. The number of sulfonamides is 1. The molecule has 0 aromatic rings. The molecule has 0 amide bonds. The van der Waals surface area contributed by atoms with Crippen molar-refractivity contribution in [1.82, 2.24) is 4.72 Å². The number of rotatable bonds is 7. The summed E-state index contributed by atoms with van der Waals surface area (Å²) >= 11 is 0. The second-order valence-electron chi connectivity index (χ2n) is 3.98. The molecular weight excluding hydrogens is 270 g/mol. The van der Waals surface area contributed by atoms with Crippen LogP contribution in [0.4, 0.5) is 0 Å². The van der Waals surface area contributed by atoms with Crippen LogP contribution >= 0.6 is 0 Å². The van der Waals surface area contributed by atoms with Gasteiger partial charge in [0.15, 0.2) is 14.9 Å². The van der Waals surface area contributed by atoms with Gasteiger partial charge in [0.05, 0.1) is 0 Å². The molecule has 1 unspecified atom stereocenters. The van der Waals surface area contributed by atoms with Crippen LogP contribution in [-0.2, 0) is 24.7 Å². The summed E-state index contributed by atoms with van der Waals surface area (Å²) in [6, 6.07) is -1.31. The summed E-state index contributed by atoms with van der Waals surface area (Å²) in [5.74, 6) is -1.75. The molecule has 0 bridgehead atoms. The van der Waals surface area contributed by atoms with Gasteiger partial charge in [0.25, 0.3) is 0 Å². The maximum Gasteiger partial charge on any atom is 0.322 e. The van der Waals surface area contributed by atoms with Crippen molar-refractivity contribution in [3.63, 3.8) is 0 Å². The fourth-order valence-corrected chi connectivity index (χ4v) is 4.40. The van der Waals surface area contributed by atoms with E-state index in [0.717, 1.165) is 6.26 Å².